The Bertz CT molecular complexity index is 614. The van der Waals surface area contributed by atoms with Crippen molar-refractivity contribution < 1.29 is 12.8 Å². The van der Waals surface area contributed by atoms with Crippen LogP contribution in [0.25, 0.3) is 0 Å². The van der Waals surface area contributed by atoms with Gasteiger partial charge in [0, 0.05) is 6.20 Å². The van der Waals surface area contributed by atoms with Gasteiger partial charge in [-0.15, -0.1) is 0 Å². The predicted molar refractivity (Wildman–Crippen MR) is 62.5 cm³/mol. The normalized spacial score (nSPS) is 11.4. The zero-order valence-electron chi connectivity index (χ0n) is 9.25. The largest absolute Gasteiger partial charge is 0.245 e. The summed E-state index contributed by atoms with van der Waals surface area (Å²) in [6.45, 7) is 0.0578. The molecule has 0 atom stereocenters. The standard InChI is InChI=1S/C11H10FN3O2S/c12-9-1-3-11(4-2-9)18(16,17)15-7-10-5-6-13-8-14-10/h1-6,8,15H,7H2. The van der Waals surface area contributed by atoms with Crippen LogP contribution in [0.15, 0.2) is 47.8 Å². The van der Waals surface area contributed by atoms with Gasteiger partial charge in [0.25, 0.3) is 0 Å². The molecule has 0 amide bonds. The minimum Gasteiger partial charge on any atom is -0.245 e. The van der Waals surface area contributed by atoms with E-state index in [4.69, 9.17) is 0 Å². The highest BCUT2D eigenvalue weighted by Gasteiger charge is 2.13. The molecule has 2 rings (SSSR count). The summed E-state index contributed by atoms with van der Waals surface area (Å²) >= 11 is 0. The molecule has 1 heterocycles. The molecule has 0 aliphatic heterocycles. The molecule has 94 valence electrons. The van der Waals surface area contributed by atoms with E-state index in [0.717, 1.165) is 12.1 Å². The molecule has 0 bridgehead atoms. The molecular weight excluding hydrogens is 257 g/mol. The van der Waals surface area contributed by atoms with Crippen LogP contribution >= 0.6 is 0 Å². The van der Waals surface area contributed by atoms with Crippen molar-refractivity contribution in [3.05, 3.63) is 54.4 Å². The first-order chi connectivity index (χ1) is 8.58. The second-order valence-corrected chi connectivity index (χ2v) is 5.25. The summed E-state index contributed by atoms with van der Waals surface area (Å²) in [5, 5.41) is 0. The lowest BCUT2D eigenvalue weighted by atomic mass is 10.4. The first-order valence-corrected chi connectivity index (χ1v) is 6.56. The molecule has 0 radical (unpaired) electrons. The van der Waals surface area contributed by atoms with Crippen molar-refractivity contribution in [2.45, 2.75) is 11.4 Å². The lowest BCUT2D eigenvalue weighted by Gasteiger charge is -2.05. The lowest BCUT2D eigenvalue weighted by molar-refractivity contribution is 0.579. The number of halogens is 1. The van der Waals surface area contributed by atoms with E-state index in [1.807, 2.05) is 0 Å². The molecule has 1 aromatic heterocycles. The van der Waals surface area contributed by atoms with Crippen molar-refractivity contribution in [1.82, 2.24) is 14.7 Å². The predicted octanol–water partition coefficient (Wildman–Crippen LogP) is 1.09. The maximum atomic E-state index is 12.7. The van der Waals surface area contributed by atoms with E-state index in [1.165, 1.54) is 24.7 Å². The van der Waals surface area contributed by atoms with Gasteiger partial charge >= 0.3 is 0 Å². The number of hydrogen-bond acceptors (Lipinski definition) is 4. The van der Waals surface area contributed by atoms with Gasteiger partial charge in [-0.1, -0.05) is 0 Å². The molecule has 0 aliphatic carbocycles. The van der Waals surface area contributed by atoms with Crippen molar-refractivity contribution in [2.75, 3.05) is 0 Å². The Hall–Kier alpha value is -1.86. The van der Waals surface area contributed by atoms with Gasteiger partial charge in [0.05, 0.1) is 17.1 Å². The number of rotatable bonds is 4. The summed E-state index contributed by atoms with van der Waals surface area (Å²) < 4.78 is 38.7. The summed E-state index contributed by atoms with van der Waals surface area (Å²) in [5.41, 5.74) is 0.552. The third kappa shape index (κ3) is 3.08. The van der Waals surface area contributed by atoms with Gasteiger partial charge in [-0.25, -0.2) is 27.5 Å². The molecule has 0 aliphatic rings. The van der Waals surface area contributed by atoms with Crippen LogP contribution in [0.1, 0.15) is 5.69 Å². The number of hydrogen-bond donors (Lipinski definition) is 1. The van der Waals surface area contributed by atoms with Crippen LogP contribution in [0.5, 0.6) is 0 Å². The highest BCUT2D eigenvalue weighted by molar-refractivity contribution is 7.89. The van der Waals surface area contributed by atoms with E-state index in [2.05, 4.69) is 14.7 Å². The molecule has 0 unspecified atom stereocenters. The number of nitrogens with zero attached hydrogens (tertiary/aromatic N) is 2. The van der Waals surface area contributed by atoms with E-state index in [9.17, 15) is 12.8 Å². The van der Waals surface area contributed by atoms with E-state index >= 15 is 0 Å². The molecule has 0 saturated heterocycles. The number of sulfonamides is 1. The van der Waals surface area contributed by atoms with Gasteiger partial charge in [0.1, 0.15) is 12.1 Å². The highest BCUT2D eigenvalue weighted by Crippen LogP contribution is 2.09. The van der Waals surface area contributed by atoms with E-state index in [0.29, 0.717) is 5.69 Å². The maximum absolute atomic E-state index is 12.7. The van der Waals surface area contributed by atoms with Crippen molar-refractivity contribution >= 4 is 10.0 Å². The minimum atomic E-state index is -3.65. The van der Waals surface area contributed by atoms with Crippen molar-refractivity contribution in [3.63, 3.8) is 0 Å². The summed E-state index contributed by atoms with van der Waals surface area (Å²) in [5.74, 6) is -0.482. The molecule has 18 heavy (non-hydrogen) atoms. The molecule has 1 aromatic carbocycles. The van der Waals surface area contributed by atoms with Crippen LogP contribution in [0.2, 0.25) is 0 Å². The Labute approximate surface area is 104 Å². The molecule has 0 spiro atoms. The third-order valence-corrected chi connectivity index (χ3v) is 3.63. The van der Waals surface area contributed by atoms with E-state index < -0.39 is 15.8 Å². The molecule has 1 N–H and O–H groups in total. The second kappa shape index (κ2) is 5.19. The van der Waals surface area contributed by atoms with Gasteiger partial charge < -0.3 is 0 Å². The molecule has 7 heteroatoms. The number of benzene rings is 1. The summed E-state index contributed by atoms with van der Waals surface area (Å²) in [6, 6.07) is 6.21. The van der Waals surface area contributed by atoms with Crippen LogP contribution in [0.4, 0.5) is 4.39 Å². The highest BCUT2D eigenvalue weighted by atomic mass is 32.2. The van der Waals surface area contributed by atoms with Crippen molar-refractivity contribution in [2.24, 2.45) is 0 Å². The summed E-state index contributed by atoms with van der Waals surface area (Å²) in [7, 11) is -3.65. The lowest BCUT2D eigenvalue weighted by Crippen LogP contribution is -2.23. The fourth-order valence-corrected chi connectivity index (χ4v) is 2.29. The Kier molecular flexibility index (Phi) is 3.63. The SMILES string of the molecule is O=S(=O)(NCc1ccncn1)c1ccc(F)cc1. The van der Waals surface area contributed by atoms with Crippen molar-refractivity contribution in [3.8, 4) is 0 Å². The number of nitrogens with one attached hydrogen (secondary N) is 1. The molecule has 5 nitrogen and oxygen atoms in total. The quantitative estimate of drug-likeness (QED) is 0.900. The van der Waals surface area contributed by atoms with Crippen LogP contribution in [-0.4, -0.2) is 18.4 Å². The van der Waals surface area contributed by atoms with E-state index in [1.54, 1.807) is 6.07 Å². The Morgan fingerprint density at radius 2 is 1.89 bits per heavy atom. The zero-order chi connectivity index (χ0) is 13.0. The monoisotopic (exact) mass is 267 g/mol. The summed E-state index contributed by atoms with van der Waals surface area (Å²) in [6.07, 6.45) is 2.86. The van der Waals surface area contributed by atoms with Crippen LogP contribution in [0.3, 0.4) is 0 Å². The Morgan fingerprint density at radius 1 is 1.17 bits per heavy atom. The number of aromatic nitrogens is 2. The molecule has 0 saturated carbocycles. The molecule has 2 aromatic rings. The van der Waals surface area contributed by atoms with Crippen molar-refractivity contribution in [1.29, 1.82) is 0 Å². The average Bonchev–Trinajstić information content (AvgIpc) is 2.38. The fourth-order valence-electron chi connectivity index (χ4n) is 1.29. The third-order valence-electron chi connectivity index (χ3n) is 2.21. The Balaban J connectivity index is 2.11. The summed E-state index contributed by atoms with van der Waals surface area (Å²) in [4.78, 5) is 7.63. The van der Waals surface area contributed by atoms with Gasteiger partial charge in [0.2, 0.25) is 10.0 Å². The van der Waals surface area contributed by atoms with E-state index in [-0.39, 0.29) is 11.4 Å². The first-order valence-electron chi connectivity index (χ1n) is 5.08. The van der Waals surface area contributed by atoms with Crippen LogP contribution < -0.4 is 4.72 Å². The van der Waals surface area contributed by atoms with Gasteiger partial charge in [-0.05, 0) is 30.3 Å². The zero-order valence-corrected chi connectivity index (χ0v) is 10.1. The Morgan fingerprint density at radius 3 is 2.50 bits per heavy atom. The van der Waals surface area contributed by atoms with Gasteiger partial charge in [-0.2, -0.15) is 0 Å². The smallest absolute Gasteiger partial charge is 0.240 e. The molecular formula is C11H10FN3O2S. The minimum absolute atomic E-state index is 0.0120. The fraction of sp³-hybridized carbons (Fsp3) is 0.0909. The second-order valence-electron chi connectivity index (χ2n) is 3.48. The van der Waals surface area contributed by atoms with Crippen LogP contribution in [-0.2, 0) is 16.6 Å². The van der Waals surface area contributed by atoms with Gasteiger partial charge in [0.15, 0.2) is 0 Å². The topological polar surface area (TPSA) is 72.0 Å². The molecule has 0 fully saturated rings. The van der Waals surface area contributed by atoms with Crippen LogP contribution in [0, 0.1) is 5.82 Å². The first kappa shape index (κ1) is 12.6. The maximum Gasteiger partial charge on any atom is 0.240 e. The average molecular weight is 267 g/mol. The van der Waals surface area contributed by atoms with Gasteiger partial charge in [-0.3, -0.25) is 0 Å².